The topological polar surface area (TPSA) is 91.7 Å². The molecule has 0 amide bonds. The van der Waals surface area contributed by atoms with Crippen LogP contribution in [-0.4, -0.2) is 39.8 Å². The molecule has 0 aromatic rings. The van der Waals surface area contributed by atoms with E-state index in [0.29, 0.717) is 12.8 Å². The fourth-order valence-corrected chi connectivity index (χ4v) is 4.78. The van der Waals surface area contributed by atoms with Crippen LogP contribution in [0, 0.1) is 0 Å². The van der Waals surface area contributed by atoms with Gasteiger partial charge in [0.05, 0.1) is 0 Å². The molecule has 0 saturated carbocycles. The second-order valence-corrected chi connectivity index (χ2v) is 10.8. The molecular weight excluding hydrogens is 452 g/mol. The maximum atomic E-state index is 12.5. The maximum Gasteiger partial charge on any atom is 0.211 e. The van der Waals surface area contributed by atoms with Crippen molar-refractivity contribution in [3.8, 4) is 0 Å². The number of Topliss-reactive ketones (excluding diaryl/α,β-unsaturated/α-hetero) is 2. The van der Waals surface area contributed by atoms with Crippen molar-refractivity contribution >= 4 is 17.9 Å². The minimum absolute atomic E-state index is 0.00897. The Labute approximate surface area is 222 Å². The molecule has 0 bridgehead atoms. The van der Waals surface area contributed by atoms with Gasteiger partial charge in [0, 0.05) is 12.8 Å². The van der Waals surface area contributed by atoms with E-state index in [4.69, 9.17) is 0 Å². The zero-order valence-electron chi connectivity index (χ0n) is 23.7. The van der Waals surface area contributed by atoms with Gasteiger partial charge in [-0.2, -0.15) is 0 Å². The second kappa shape index (κ2) is 24.3. The standard InChI is InChI=1S/C31H58O5/c1-3-5-7-9-11-13-15-17-19-21-23-25-28(33)30(35)31(36,27-32)29(34)26-24-22-20-18-16-14-12-10-8-6-4-2/h27,30,35-36H,3-26H2,1-2H3. The van der Waals surface area contributed by atoms with Crippen LogP contribution in [0.25, 0.3) is 0 Å². The van der Waals surface area contributed by atoms with Gasteiger partial charge in [0.1, 0.15) is 0 Å². The van der Waals surface area contributed by atoms with Gasteiger partial charge in [0.2, 0.25) is 5.60 Å². The average molecular weight is 511 g/mol. The van der Waals surface area contributed by atoms with E-state index in [1.807, 2.05) is 0 Å². The molecule has 0 aromatic heterocycles. The Morgan fingerprint density at radius 1 is 0.583 bits per heavy atom. The lowest BCUT2D eigenvalue weighted by atomic mass is 9.86. The number of unbranched alkanes of at least 4 members (excludes halogenated alkanes) is 20. The highest BCUT2D eigenvalue weighted by Gasteiger charge is 2.45. The first-order chi connectivity index (χ1) is 17.4. The van der Waals surface area contributed by atoms with Crippen molar-refractivity contribution in [1.29, 1.82) is 0 Å². The van der Waals surface area contributed by atoms with Crippen molar-refractivity contribution in [2.45, 2.75) is 180 Å². The van der Waals surface area contributed by atoms with E-state index in [0.717, 1.165) is 38.5 Å². The predicted octanol–water partition coefficient (Wildman–Crippen LogP) is 7.82. The monoisotopic (exact) mass is 510 g/mol. The Kier molecular flexibility index (Phi) is 23.6. The molecule has 5 nitrogen and oxygen atoms in total. The zero-order chi connectivity index (χ0) is 26.9. The molecule has 36 heavy (non-hydrogen) atoms. The van der Waals surface area contributed by atoms with Gasteiger partial charge in [-0.05, 0) is 12.8 Å². The molecule has 0 fully saturated rings. The van der Waals surface area contributed by atoms with Crippen molar-refractivity contribution < 1.29 is 24.6 Å². The summed E-state index contributed by atoms with van der Waals surface area (Å²) in [5.74, 6) is -1.36. The second-order valence-electron chi connectivity index (χ2n) is 10.8. The van der Waals surface area contributed by atoms with Crippen LogP contribution < -0.4 is 0 Å². The van der Waals surface area contributed by atoms with Gasteiger partial charge in [-0.15, -0.1) is 0 Å². The highest BCUT2D eigenvalue weighted by Crippen LogP contribution is 2.19. The molecule has 0 radical (unpaired) electrons. The normalized spacial score (nSPS) is 13.9. The molecule has 2 atom stereocenters. The first-order valence-corrected chi connectivity index (χ1v) is 15.4. The lowest BCUT2D eigenvalue weighted by Crippen LogP contribution is -2.54. The Balaban J connectivity index is 3.96. The van der Waals surface area contributed by atoms with Crippen molar-refractivity contribution in [1.82, 2.24) is 0 Å². The van der Waals surface area contributed by atoms with Gasteiger partial charge in [-0.25, -0.2) is 0 Å². The van der Waals surface area contributed by atoms with Crippen molar-refractivity contribution in [3.05, 3.63) is 0 Å². The van der Waals surface area contributed by atoms with E-state index in [-0.39, 0.29) is 19.1 Å². The van der Waals surface area contributed by atoms with Crippen LogP contribution in [0.5, 0.6) is 0 Å². The summed E-state index contributed by atoms with van der Waals surface area (Å²) in [4.78, 5) is 36.3. The van der Waals surface area contributed by atoms with E-state index in [1.54, 1.807) is 0 Å². The van der Waals surface area contributed by atoms with Gasteiger partial charge in [-0.1, -0.05) is 142 Å². The first-order valence-electron chi connectivity index (χ1n) is 15.4. The summed E-state index contributed by atoms with van der Waals surface area (Å²) < 4.78 is 0. The Bertz CT molecular complexity index is 547. The number of ketones is 2. The number of aliphatic hydroxyl groups is 2. The summed E-state index contributed by atoms with van der Waals surface area (Å²) in [7, 11) is 0. The van der Waals surface area contributed by atoms with E-state index in [2.05, 4.69) is 13.8 Å². The SMILES string of the molecule is CCCCCCCCCCCCCC(=O)C(O)C(O)(C=O)C(=O)CCCCCCCCCCCCC. The lowest BCUT2D eigenvalue weighted by molar-refractivity contribution is -0.162. The summed E-state index contributed by atoms with van der Waals surface area (Å²) in [6.45, 7) is 4.44. The number of carbonyl (C=O) groups is 3. The maximum absolute atomic E-state index is 12.5. The number of hydrogen-bond acceptors (Lipinski definition) is 5. The highest BCUT2D eigenvalue weighted by atomic mass is 16.4. The third kappa shape index (κ3) is 17.4. The number of hydrogen-bond donors (Lipinski definition) is 2. The molecule has 0 spiro atoms. The smallest absolute Gasteiger partial charge is 0.211 e. The van der Waals surface area contributed by atoms with E-state index in [9.17, 15) is 24.6 Å². The fourth-order valence-electron chi connectivity index (χ4n) is 4.78. The van der Waals surface area contributed by atoms with Crippen molar-refractivity contribution in [2.24, 2.45) is 0 Å². The van der Waals surface area contributed by atoms with Gasteiger partial charge in [-0.3, -0.25) is 14.4 Å². The van der Waals surface area contributed by atoms with Gasteiger partial charge in [0.25, 0.3) is 0 Å². The minimum Gasteiger partial charge on any atom is -0.381 e. The Morgan fingerprint density at radius 3 is 1.22 bits per heavy atom. The zero-order valence-corrected chi connectivity index (χ0v) is 23.7. The van der Waals surface area contributed by atoms with Crippen LogP contribution in [0.1, 0.15) is 168 Å². The number of aliphatic hydroxyl groups excluding tert-OH is 1. The third-order valence-electron chi connectivity index (χ3n) is 7.38. The van der Waals surface area contributed by atoms with E-state index < -0.39 is 23.3 Å². The molecule has 0 rings (SSSR count). The summed E-state index contributed by atoms with van der Waals surface area (Å²) in [6, 6.07) is 0. The molecule has 0 aromatic carbocycles. The predicted molar refractivity (Wildman–Crippen MR) is 149 cm³/mol. The first kappa shape index (κ1) is 34.9. The average Bonchev–Trinajstić information content (AvgIpc) is 2.89. The molecular formula is C31H58O5. The van der Waals surface area contributed by atoms with E-state index in [1.165, 1.54) is 89.9 Å². The summed E-state index contributed by atoms with van der Waals surface area (Å²) in [6.07, 6.45) is 23.4. The molecule has 2 N–H and O–H groups in total. The van der Waals surface area contributed by atoms with Crippen LogP contribution in [0.3, 0.4) is 0 Å². The number of carbonyl (C=O) groups excluding carboxylic acids is 3. The van der Waals surface area contributed by atoms with Crippen molar-refractivity contribution in [3.63, 3.8) is 0 Å². The fraction of sp³-hybridized carbons (Fsp3) is 0.903. The van der Waals surface area contributed by atoms with Crippen LogP contribution in [0.15, 0.2) is 0 Å². The molecule has 212 valence electrons. The Morgan fingerprint density at radius 2 is 0.889 bits per heavy atom. The summed E-state index contributed by atoms with van der Waals surface area (Å²) in [5.41, 5.74) is -2.60. The number of rotatable bonds is 28. The van der Waals surface area contributed by atoms with Crippen LogP contribution in [0.2, 0.25) is 0 Å². The van der Waals surface area contributed by atoms with E-state index >= 15 is 0 Å². The molecule has 0 aliphatic carbocycles. The van der Waals surface area contributed by atoms with Crippen LogP contribution in [-0.2, 0) is 14.4 Å². The molecule has 0 saturated heterocycles. The third-order valence-corrected chi connectivity index (χ3v) is 7.38. The largest absolute Gasteiger partial charge is 0.381 e. The van der Waals surface area contributed by atoms with Gasteiger partial charge in [0.15, 0.2) is 24.0 Å². The highest BCUT2D eigenvalue weighted by molar-refractivity contribution is 6.07. The van der Waals surface area contributed by atoms with Crippen LogP contribution >= 0.6 is 0 Å². The minimum atomic E-state index is -2.60. The van der Waals surface area contributed by atoms with Gasteiger partial charge < -0.3 is 10.2 Å². The molecule has 0 aliphatic heterocycles. The van der Waals surface area contributed by atoms with Crippen molar-refractivity contribution in [2.75, 3.05) is 0 Å². The molecule has 2 unspecified atom stereocenters. The molecule has 5 heteroatoms. The Hall–Kier alpha value is -1.07. The lowest BCUT2D eigenvalue weighted by Gasteiger charge is -2.25. The quantitative estimate of drug-likeness (QED) is 0.0636. The summed E-state index contributed by atoms with van der Waals surface area (Å²) in [5, 5.41) is 20.8. The number of aldehydes is 1. The summed E-state index contributed by atoms with van der Waals surface area (Å²) >= 11 is 0. The molecule has 0 aliphatic rings. The molecule has 0 heterocycles. The van der Waals surface area contributed by atoms with Gasteiger partial charge >= 0.3 is 0 Å². The van der Waals surface area contributed by atoms with Crippen LogP contribution in [0.4, 0.5) is 0 Å².